The summed E-state index contributed by atoms with van der Waals surface area (Å²) >= 11 is 0. The first-order valence-electron chi connectivity index (χ1n) is 5.04. The van der Waals surface area contributed by atoms with Gasteiger partial charge < -0.3 is 14.6 Å². The van der Waals surface area contributed by atoms with Crippen LogP contribution in [-0.2, 0) is 6.54 Å². The molecule has 3 aromatic rings. The number of nitrogens with one attached hydrogen (secondary N) is 1. The van der Waals surface area contributed by atoms with Gasteiger partial charge in [-0.3, -0.25) is 4.98 Å². The molecule has 3 N–H and O–H groups in total. The zero-order valence-electron chi connectivity index (χ0n) is 8.77. The third-order valence-electron chi connectivity index (χ3n) is 2.43. The lowest BCUT2D eigenvalue weighted by atomic mass is 10.2. The quantitative estimate of drug-likeness (QED) is 0.691. The van der Waals surface area contributed by atoms with E-state index in [4.69, 9.17) is 14.6 Å². The molecule has 0 spiro atoms. The van der Waals surface area contributed by atoms with Crippen LogP contribution in [0, 0.1) is 0 Å². The topological polar surface area (TPSA) is 98.0 Å². The lowest BCUT2D eigenvalue weighted by Gasteiger charge is -1.95. The molecule has 0 radical (unpaired) electrons. The second-order valence-corrected chi connectivity index (χ2v) is 3.55. The zero-order chi connectivity index (χ0) is 11.8. The normalized spacial score (nSPS) is 11.1. The molecular formula is C11H9N3O3. The minimum atomic E-state index is -0.475. The molecule has 0 unspecified atom stereocenters. The maximum absolute atomic E-state index is 11.0. The van der Waals surface area contributed by atoms with E-state index in [1.807, 2.05) is 6.07 Å². The fourth-order valence-corrected chi connectivity index (χ4v) is 1.64. The van der Waals surface area contributed by atoms with Crippen molar-refractivity contribution in [3.8, 4) is 11.3 Å². The first-order chi connectivity index (χ1) is 8.26. The predicted molar refractivity (Wildman–Crippen MR) is 60.2 cm³/mol. The van der Waals surface area contributed by atoms with Crippen molar-refractivity contribution in [2.75, 3.05) is 0 Å². The standard InChI is InChI=1S/C11H9N3O3/c12-4-10-13-5-9(16-10)6-1-2-7-8(3-6)17-11(15)14-7/h1-3,5H,4,12H2,(H,14,15). The number of fused-ring (bicyclic) bond motifs is 1. The van der Waals surface area contributed by atoms with Gasteiger partial charge in [0.05, 0.1) is 18.3 Å². The van der Waals surface area contributed by atoms with Gasteiger partial charge in [0.1, 0.15) is 0 Å². The molecule has 17 heavy (non-hydrogen) atoms. The molecule has 6 heteroatoms. The summed E-state index contributed by atoms with van der Waals surface area (Å²) in [6, 6.07) is 5.28. The van der Waals surface area contributed by atoms with Crippen molar-refractivity contribution in [3.63, 3.8) is 0 Å². The molecule has 6 nitrogen and oxygen atoms in total. The van der Waals surface area contributed by atoms with E-state index >= 15 is 0 Å². The average molecular weight is 231 g/mol. The molecule has 0 aliphatic rings. The van der Waals surface area contributed by atoms with Crippen molar-refractivity contribution in [3.05, 3.63) is 40.8 Å². The van der Waals surface area contributed by atoms with Gasteiger partial charge in [-0.2, -0.15) is 0 Å². The first-order valence-corrected chi connectivity index (χ1v) is 5.04. The van der Waals surface area contributed by atoms with E-state index < -0.39 is 5.76 Å². The number of rotatable bonds is 2. The van der Waals surface area contributed by atoms with Gasteiger partial charge in [-0.05, 0) is 18.2 Å². The van der Waals surface area contributed by atoms with Gasteiger partial charge in [0.15, 0.2) is 11.3 Å². The summed E-state index contributed by atoms with van der Waals surface area (Å²) in [6.07, 6.45) is 1.59. The summed E-state index contributed by atoms with van der Waals surface area (Å²) in [5.41, 5.74) is 7.33. The Morgan fingerprint density at radius 2 is 2.24 bits per heavy atom. The predicted octanol–water partition coefficient (Wildman–Crippen LogP) is 1.23. The van der Waals surface area contributed by atoms with Crippen LogP contribution in [0.4, 0.5) is 0 Å². The van der Waals surface area contributed by atoms with Gasteiger partial charge in [0, 0.05) is 5.56 Å². The SMILES string of the molecule is NCc1ncc(-c2ccc3[nH]c(=O)oc3c2)o1. The molecule has 1 aromatic carbocycles. The minimum absolute atomic E-state index is 0.251. The number of H-pyrrole nitrogens is 1. The highest BCUT2D eigenvalue weighted by Crippen LogP contribution is 2.23. The lowest BCUT2D eigenvalue weighted by molar-refractivity contribution is 0.509. The van der Waals surface area contributed by atoms with Crippen LogP contribution in [0.5, 0.6) is 0 Å². The average Bonchev–Trinajstić information content (AvgIpc) is 2.92. The summed E-state index contributed by atoms with van der Waals surface area (Å²) in [5.74, 6) is 0.587. The molecule has 0 fully saturated rings. The number of nitrogens with two attached hydrogens (primary N) is 1. The lowest BCUT2D eigenvalue weighted by Crippen LogP contribution is -1.94. The van der Waals surface area contributed by atoms with Gasteiger partial charge in [-0.15, -0.1) is 0 Å². The van der Waals surface area contributed by atoms with Crippen LogP contribution < -0.4 is 11.5 Å². The van der Waals surface area contributed by atoms with Crippen LogP contribution in [0.15, 0.2) is 38.0 Å². The number of nitrogens with zero attached hydrogens (tertiary/aromatic N) is 1. The van der Waals surface area contributed by atoms with Gasteiger partial charge in [-0.25, -0.2) is 9.78 Å². The summed E-state index contributed by atoms with van der Waals surface area (Å²) in [4.78, 5) is 17.6. The van der Waals surface area contributed by atoms with Crippen LogP contribution in [0.3, 0.4) is 0 Å². The monoisotopic (exact) mass is 231 g/mol. The Morgan fingerprint density at radius 1 is 1.35 bits per heavy atom. The van der Waals surface area contributed by atoms with Crippen molar-refractivity contribution in [1.29, 1.82) is 0 Å². The number of hydrogen-bond donors (Lipinski definition) is 2. The Balaban J connectivity index is 2.13. The maximum atomic E-state index is 11.0. The third-order valence-corrected chi connectivity index (χ3v) is 2.43. The molecule has 0 saturated carbocycles. The summed E-state index contributed by atoms with van der Waals surface area (Å²) in [6.45, 7) is 0.251. The second-order valence-electron chi connectivity index (χ2n) is 3.55. The van der Waals surface area contributed by atoms with Crippen LogP contribution in [-0.4, -0.2) is 9.97 Å². The molecule has 2 heterocycles. The highest BCUT2D eigenvalue weighted by Gasteiger charge is 2.08. The largest absolute Gasteiger partial charge is 0.439 e. The van der Waals surface area contributed by atoms with Crippen LogP contribution in [0.25, 0.3) is 22.4 Å². The fraction of sp³-hybridized carbons (Fsp3) is 0.0909. The van der Waals surface area contributed by atoms with E-state index in [-0.39, 0.29) is 6.54 Å². The molecule has 0 bridgehead atoms. The molecule has 2 aromatic heterocycles. The molecule has 0 saturated heterocycles. The summed E-state index contributed by atoms with van der Waals surface area (Å²) < 4.78 is 10.4. The smallest absolute Gasteiger partial charge is 0.417 e. The van der Waals surface area contributed by atoms with E-state index in [0.29, 0.717) is 22.8 Å². The molecular weight excluding hydrogens is 222 g/mol. The Bertz CT molecular complexity index is 723. The Hall–Kier alpha value is -2.34. The van der Waals surface area contributed by atoms with Gasteiger partial charge in [0.2, 0.25) is 5.89 Å². The number of oxazole rings is 2. The number of hydrogen-bond acceptors (Lipinski definition) is 5. The van der Waals surface area contributed by atoms with Crippen molar-refractivity contribution < 1.29 is 8.83 Å². The highest BCUT2D eigenvalue weighted by atomic mass is 16.4. The van der Waals surface area contributed by atoms with E-state index in [2.05, 4.69) is 9.97 Å². The van der Waals surface area contributed by atoms with E-state index in [0.717, 1.165) is 5.56 Å². The number of aromatic amines is 1. The Kier molecular flexibility index (Phi) is 2.09. The van der Waals surface area contributed by atoms with Crippen molar-refractivity contribution in [1.82, 2.24) is 9.97 Å². The third kappa shape index (κ3) is 1.64. The zero-order valence-corrected chi connectivity index (χ0v) is 8.77. The molecule has 0 aliphatic carbocycles. The van der Waals surface area contributed by atoms with Gasteiger partial charge in [0.25, 0.3) is 0 Å². The minimum Gasteiger partial charge on any atom is -0.439 e. The molecule has 0 aliphatic heterocycles. The first kappa shape index (κ1) is 9.86. The van der Waals surface area contributed by atoms with Crippen LogP contribution >= 0.6 is 0 Å². The molecule has 86 valence electrons. The Morgan fingerprint density at radius 3 is 3.00 bits per heavy atom. The van der Waals surface area contributed by atoms with Crippen LogP contribution in [0.2, 0.25) is 0 Å². The van der Waals surface area contributed by atoms with Gasteiger partial charge in [-0.1, -0.05) is 0 Å². The fourth-order valence-electron chi connectivity index (χ4n) is 1.64. The maximum Gasteiger partial charge on any atom is 0.417 e. The van der Waals surface area contributed by atoms with Gasteiger partial charge >= 0.3 is 5.76 Å². The van der Waals surface area contributed by atoms with Crippen molar-refractivity contribution in [2.24, 2.45) is 5.73 Å². The summed E-state index contributed by atoms with van der Waals surface area (Å²) in [5, 5.41) is 0. The van der Waals surface area contributed by atoms with E-state index in [1.54, 1.807) is 18.3 Å². The number of benzene rings is 1. The second kappa shape index (κ2) is 3.60. The molecule has 0 amide bonds. The van der Waals surface area contributed by atoms with E-state index in [9.17, 15) is 4.79 Å². The highest BCUT2D eigenvalue weighted by molar-refractivity contribution is 5.78. The summed E-state index contributed by atoms with van der Waals surface area (Å²) in [7, 11) is 0. The Labute approximate surface area is 95.1 Å². The van der Waals surface area contributed by atoms with Crippen molar-refractivity contribution in [2.45, 2.75) is 6.54 Å². The molecule has 3 rings (SSSR count). The van der Waals surface area contributed by atoms with E-state index in [1.165, 1.54) is 0 Å². The van der Waals surface area contributed by atoms with Crippen molar-refractivity contribution >= 4 is 11.1 Å². The molecule has 0 atom stereocenters. The number of aromatic nitrogens is 2. The van der Waals surface area contributed by atoms with Crippen LogP contribution in [0.1, 0.15) is 5.89 Å².